The van der Waals surface area contributed by atoms with Crippen molar-refractivity contribution in [3.05, 3.63) is 35.4 Å². The van der Waals surface area contributed by atoms with E-state index in [4.69, 9.17) is 5.11 Å². The Kier molecular flexibility index (Phi) is 5.20. The van der Waals surface area contributed by atoms with E-state index in [9.17, 15) is 9.59 Å². The van der Waals surface area contributed by atoms with Crippen molar-refractivity contribution >= 4 is 11.9 Å². The summed E-state index contributed by atoms with van der Waals surface area (Å²) in [7, 11) is 1.35. The van der Waals surface area contributed by atoms with Crippen LogP contribution >= 0.6 is 0 Å². The van der Waals surface area contributed by atoms with E-state index in [1.807, 2.05) is 12.1 Å². The van der Waals surface area contributed by atoms with Gasteiger partial charge in [-0.1, -0.05) is 12.1 Å². The van der Waals surface area contributed by atoms with Gasteiger partial charge in [0.2, 0.25) is 0 Å². The molecule has 4 nitrogen and oxygen atoms in total. The standard InChI is InChI=1S/C13H16O4/c1-17-13(16)11-8-6-10(7-9-11)4-2-3-5-12(14)15/h6-9H,2-5H2,1H3,(H,14,15). The average molecular weight is 236 g/mol. The number of unbranched alkanes of at least 4 members (excludes halogenated alkanes) is 1. The van der Waals surface area contributed by atoms with E-state index in [1.54, 1.807) is 12.1 Å². The van der Waals surface area contributed by atoms with Crippen LogP contribution in [0.3, 0.4) is 0 Å². The highest BCUT2D eigenvalue weighted by Crippen LogP contribution is 2.09. The molecule has 0 spiro atoms. The highest BCUT2D eigenvalue weighted by Gasteiger charge is 2.04. The molecule has 1 aromatic rings. The van der Waals surface area contributed by atoms with E-state index in [1.165, 1.54) is 7.11 Å². The number of carbonyl (C=O) groups is 2. The third-order valence-corrected chi connectivity index (χ3v) is 2.48. The maximum atomic E-state index is 11.2. The first-order valence-corrected chi connectivity index (χ1v) is 5.52. The number of carboxylic acids is 1. The summed E-state index contributed by atoms with van der Waals surface area (Å²) >= 11 is 0. The Labute approximate surface area is 100 Å². The van der Waals surface area contributed by atoms with Gasteiger partial charge in [-0.3, -0.25) is 4.79 Å². The van der Waals surface area contributed by atoms with Crippen molar-refractivity contribution in [1.82, 2.24) is 0 Å². The van der Waals surface area contributed by atoms with Crippen LogP contribution in [0.15, 0.2) is 24.3 Å². The Hall–Kier alpha value is -1.84. The predicted octanol–water partition coefficient (Wildman–Crippen LogP) is 2.27. The molecule has 0 aliphatic rings. The van der Waals surface area contributed by atoms with Crippen molar-refractivity contribution in [3.63, 3.8) is 0 Å². The fourth-order valence-electron chi connectivity index (χ4n) is 1.53. The van der Waals surface area contributed by atoms with Crippen molar-refractivity contribution in [1.29, 1.82) is 0 Å². The molecule has 0 atom stereocenters. The molecule has 0 saturated heterocycles. The molecule has 17 heavy (non-hydrogen) atoms. The zero-order chi connectivity index (χ0) is 12.7. The van der Waals surface area contributed by atoms with Crippen molar-refractivity contribution in [2.24, 2.45) is 0 Å². The molecule has 1 rings (SSSR count). The summed E-state index contributed by atoms with van der Waals surface area (Å²) in [6, 6.07) is 7.18. The van der Waals surface area contributed by atoms with Gasteiger partial charge in [0.1, 0.15) is 0 Å². The Balaban J connectivity index is 2.40. The molecule has 1 aromatic carbocycles. The smallest absolute Gasteiger partial charge is 0.337 e. The van der Waals surface area contributed by atoms with E-state index in [-0.39, 0.29) is 12.4 Å². The van der Waals surface area contributed by atoms with E-state index in [2.05, 4.69) is 4.74 Å². The van der Waals surface area contributed by atoms with Gasteiger partial charge in [-0.05, 0) is 37.0 Å². The van der Waals surface area contributed by atoms with Crippen LogP contribution in [0.1, 0.15) is 35.2 Å². The number of hydrogen-bond acceptors (Lipinski definition) is 3. The Morgan fingerprint density at radius 2 is 1.82 bits per heavy atom. The number of carboxylic acid groups (broad SMARTS) is 1. The van der Waals surface area contributed by atoms with Gasteiger partial charge >= 0.3 is 11.9 Å². The molecule has 0 heterocycles. The van der Waals surface area contributed by atoms with Gasteiger partial charge < -0.3 is 9.84 Å². The number of ether oxygens (including phenoxy) is 1. The van der Waals surface area contributed by atoms with E-state index >= 15 is 0 Å². The van der Waals surface area contributed by atoms with Crippen molar-refractivity contribution in [2.45, 2.75) is 25.7 Å². The first kappa shape index (κ1) is 13.2. The van der Waals surface area contributed by atoms with Gasteiger partial charge in [0.05, 0.1) is 12.7 Å². The molecule has 0 aliphatic heterocycles. The quantitative estimate of drug-likeness (QED) is 0.608. The average Bonchev–Trinajstić information content (AvgIpc) is 2.34. The van der Waals surface area contributed by atoms with Crippen molar-refractivity contribution in [3.8, 4) is 0 Å². The summed E-state index contributed by atoms with van der Waals surface area (Å²) in [5.41, 5.74) is 1.63. The lowest BCUT2D eigenvalue weighted by molar-refractivity contribution is -0.137. The van der Waals surface area contributed by atoms with Gasteiger partial charge in [0, 0.05) is 6.42 Å². The lowest BCUT2D eigenvalue weighted by Crippen LogP contribution is -2.01. The molecule has 0 aromatic heterocycles. The number of benzene rings is 1. The largest absolute Gasteiger partial charge is 0.481 e. The second-order valence-corrected chi connectivity index (χ2v) is 3.79. The minimum atomic E-state index is -0.758. The summed E-state index contributed by atoms with van der Waals surface area (Å²) in [6.45, 7) is 0. The Morgan fingerprint density at radius 3 is 2.35 bits per heavy atom. The highest BCUT2D eigenvalue weighted by molar-refractivity contribution is 5.89. The van der Waals surface area contributed by atoms with Crippen LogP contribution < -0.4 is 0 Å². The van der Waals surface area contributed by atoms with Crippen LogP contribution in [0, 0.1) is 0 Å². The predicted molar refractivity (Wildman–Crippen MR) is 63.0 cm³/mol. The Morgan fingerprint density at radius 1 is 1.18 bits per heavy atom. The molecule has 0 unspecified atom stereocenters. The van der Waals surface area contributed by atoms with E-state index in [0.29, 0.717) is 12.0 Å². The normalized spacial score (nSPS) is 9.94. The second-order valence-electron chi connectivity index (χ2n) is 3.79. The lowest BCUT2D eigenvalue weighted by atomic mass is 10.1. The first-order chi connectivity index (χ1) is 8.13. The van der Waals surface area contributed by atoms with Crippen LogP contribution in [0.25, 0.3) is 0 Å². The van der Waals surface area contributed by atoms with Gasteiger partial charge in [0.15, 0.2) is 0 Å². The van der Waals surface area contributed by atoms with Gasteiger partial charge in [0.25, 0.3) is 0 Å². The number of hydrogen-bond donors (Lipinski definition) is 1. The number of aliphatic carboxylic acids is 1. The molecule has 0 bridgehead atoms. The van der Waals surface area contributed by atoms with Crippen LogP contribution in [-0.4, -0.2) is 24.2 Å². The molecule has 4 heteroatoms. The minimum absolute atomic E-state index is 0.209. The van der Waals surface area contributed by atoms with E-state index in [0.717, 1.165) is 18.4 Å². The Bertz CT molecular complexity index is 381. The number of aryl methyl sites for hydroxylation is 1. The third kappa shape index (κ3) is 4.68. The summed E-state index contributed by atoms with van der Waals surface area (Å²) in [6.07, 6.45) is 2.55. The second kappa shape index (κ2) is 6.68. The van der Waals surface area contributed by atoms with Crippen molar-refractivity contribution < 1.29 is 19.4 Å². The minimum Gasteiger partial charge on any atom is -0.481 e. The maximum Gasteiger partial charge on any atom is 0.337 e. The zero-order valence-electron chi connectivity index (χ0n) is 9.81. The topological polar surface area (TPSA) is 63.6 Å². The van der Waals surface area contributed by atoms with Gasteiger partial charge in [-0.2, -0.15) is 0 Å². The third-order valence-electron chi connectivity index (χ3n) is 2.48. The molecule has 0 amide bonds. The number of rotatable bonds is 6. The molecular formula is C13H16O4. The number of esters is 1. The highest BCUT2D eigenvalue weighted by atomic mass is 16.5. The van der Waals surface area contributed by atoms with Crippen molar-refractivity contribution in [2.75, 3.05) is 7.11 Å². The fourth-order valence-corrected chi connectivity index (χ4v) is 1.53. The monoisotopic (exact) mass is 236 g/mol. The number of methoxy groups -OCH3 is 1. The zero-order valence-corrected chi connectivity index (χ0v) is 9.81. The number of carbonyl (C=O) groups excluding carboxylic acids is 1. The van der Waals surface area contributed by atoms with E-state index < -0.39 is 5.97 Å². The first-order valence-electron chi connectivity index (χ1n) is 5.52. The van der Waals surface area contributed by atoms with Crippen LogP contribution in [0.5, 0.6) is 0 Å². The maximum absolute atomic E-state index is 11.2. The fraction of sp³-hybridized carbons (Fsp3) is 0.385. The molecule has 1 N–H and O–H groups in total. The molecule has 0 radical (unpaired) electrons. The summed E-state index contributed by atoms with van der Waals surface area (Å²) in [5.74, 6) is -1.10. The molecule has 0 aliphatic carbocycles. The van der Waals surface area contributed by atoms with Crippen LogP contribution in [0.2, 0.25) is 0 Å². The summed E-state index contributed by atoms with van der Waals surface area (Å²) in [4.78, 5) is 21.5. The summed E-state index contributed by atoms with van der Waals surface area (Å²) in [5, 5.41) is 8.48. The molecular weight excluding hydrogens is 220 g/mol. The summed E-state index contributed by atoms with van der Waals surface area (Å²) < 4.78 is 4.60. The van der Waals surface area contributed by atoms with Crippen LogP contribution in [-0.2, 0) is 16.0 Å². The molecule has 92 valence electrons. The molecule has 0 fully saturated rings. The molecule has 0 saturated carbocycles. The van der Waals surface area contributed by atoms with Gasteiger partial charge in [-0.15, -0.1) is 0 Å². The van der Waals surface area contributed by atoms with Crippen LogP contribution in [0.4, 0.5) is 0 Å². The van der Waals surface area contributed by atoms with Gasteiger partial charge in [-0.25, -0.2) is 4.79 Å². The lowest BCUT2D eigenvalue weighted by Gasteiger charge is -2.02. The SMILES string of the molecule is COC(=O)c1ccc(CCCCC(=O)O)cc1.